The summed E-state index contributed by atoms with van der Waals surface area (Å²) in [6.07, 6.45) is 0.188. The fourth-order valence-corrected chi connectivity index (χ4v) is 4.64. The van der Waals surface area contributed by atoms with Gasteiger partial charge in [-0.2, -0.15) is 0 Å². The third-order valence-electron chi connectivity index (χ3n) is 7.42. The molecular weight excluding hydrogens is 440 g/mol. The van der Waals surface area contributed by atoms with Crippen molar-refractivity contribution in [2.45, 2.75) is 66.8 Å². The summed E-state index contributed by atoms with van der Waals surface area (Å²) in [5.41, 5.74) is 9.79. The van der Waals surface area contributed by atoms with Crippen LogP contribution in [0.3, 0.4) is 0 Å². The van der Waals surface area contributed by atoms with Gasteiger partial charge in [-0.05, 0) is 74.9 Å². The molecule has 1 heterocycles. The minimum absolute atomic E-state index is 0.0541. The Balaban J connectivity index is 1.87. The molecule has 0 unspecified atom stereocenters. The summed E-state index contributed by atoms with van der Waals surface area (Å²) >= 11 is 0. The second-order valence-corrected chi connectivity index (χ2v) is 9.42. The number of aromatic nitrogens is 1. The number of hydrogen-bond donors (Lipinski definition) is 0. The van der Waals surface area contributed by atoms with Crippen LogP contribution in [0.4, 0.5) is 0 Å². The first-order valence-electron chi connectivity index (χ1n) is 11.9. The zero-order valence-corrected chi connectivity index (χ0v) is 22.1. The van der Waals surface area contributed by atoms with E-state index in [1.54, 1.807) is 4.90 Å². The molecule has 3 rings (SSSR count). The van der Waals surface area contributed by atoms with Gasteiger partial charge < -0.3 is 14.2 Å². The molecule has 0 aliphatic carbocycles. The molecule has 0 saturated carbocycles. The lowest BCUT2D eigenvalue weighted by atomic mass is 9.89. The molecule has 0 fully saturated rings. The van der Waals surface area contributed by atoms with Crippen LogP contribution in [0.5, 0.6) is 0 Å². The first kappa shape index (κ1) is 26.2. The maximum Gasteiger partial charge on any atom is 0.306 e. The van der Waals surface area contributed by atoms with Gasteiger partial charge in [0, 0.05) is 37.1 Å². The fraction of sp³-hybridized carbons (Fsp3) is 0.414. The minimum atomic E-state index is -0.442. The highest BCUT2D eigenvalue weighted by atomic mass is 16.5. The number of amides is 1. The molecule has 6 nitrogen and oxygen atoms in total. The Kier molecular flexibility index (Phi) is 8.15. The molecule has 0 aliphatic heterocycles. The lowest BCUT2D eigenvalue weighted by Gasteiger charge is -2.25. The van der Waals surface area contributed by atoms with Gasteiger partial charge in [0.15, 0.2) is 5.76 Å². The van der Waals surface area contributed by atoms with Crippen molar-refractivity contribution in [1.82, 2.24) is 10.1 Å². The standard InChI is InChI=1S/C29H36N2O4/c1-17-18(2)20(4)25(21(5)19(17)3)16-31(7)26(32)14-24(15-27(33)34-8)28-22(6)29(35-30-28)23-12-10-9-11-13-23/h9-13,24H,14-16H2,1-8H3/t24-/m0/s1. The van der Waals surface area contributed by atoms with Crippen LogP contribution < -0.4 is 0 Å². The van der Waals surface area contributed by atoms with Gasteiger partial charge in [-0.1, -0.05) is 35.5 Å². The summed E-state index contributed by atoms with van der Waals surface area (Å²) in [4.78, 5) is 27.3. The fourth-order valence-electron chi connectivity index (χ4n) is 4.64. The maximum atomic E-state index is 13.4. The van der Waals surface area contributed by atoms with Gasteiger partial charge in [-0.25, -0.2) is 0 Å². The first-order valence-corrected chi connectivity index (χ1v) is 11.9. The van der Waals surface area contributed by atoms with E-state index in [1.807, 2.05) is 44.3 Å². The number of ether oxygens (including phenoxy) is 1. The summed E-state index contributed by atoms with van der Waals surface area (Å²) in [5.74, 6) is -0.238. The molecule has 0 radical (unpaired) electrons. The van der Waals surface area contributed by atoms with Crippen LogP contribution >= 0.6 is 0 Å². The third-order valence-corrected chi connectivity index (χ3v) is 7.42. The number of rotatable bonds is 8. The van der Waals surface area contributed by atoms with E-state index in [4.69, 9.17) is 9.26 Å². The van der Waals surface area contributed by atoms with Crippen LogP contribution in [0.25, 0.3) is 11.3 Å². The Morgan fingerprint density at radius 1 is 0.886 bits per heavy atom. The number of carbonyl (C=O) groups excluding carboxylic acids is 2. The van der Waals surface area contributed by atoms with Crippen molar-refractivity contribution in [3.05, 3.63) is 75.0 Å². The number of benzene rings is 2. The summed E-state index contributed by atoms with van der Waals surface area (Å²) in [6.45, 7) is 13.1. The van der Waals surface area contributed by atoms with Crippen molar-refractivity contribution in [1.29, 1.82) is 0 Å². The minimum Gasteiger partial charge on any atom is -0.469 e. The molecule has 2 aromatic carbocycles. The van der Waals surface area contributed by atoms with Gasteiger partial charge in [0.05, 0.1) is 19.2 Å². The zero-order valence-electron chi connectivity index (χ0n) is 22.1. The number of methoxy groups -OCH3 is 1. The van der Waals surface area contributed by atoms with Crippen molar-refractivity contribution in [3.63, 3.8) is 0 Å². The molecule has 186 valence electrons. The molecule has 0 spiro atoms. The highest BCUT2D eigenvalue weighted by Crippen LogP contribution is 2.33. The van der Waals surface area contributed by atoms with E-state index in [9.17, 15) is 9.59 Å². The van der Waals surface area contributed by atoms with E-state index in [0.717, 1.165) is 11.1 Å². The summed E-state index contributed by atoms with van der Waals surface area (Å²) in [5, 5.41) is 4.28. The maximum absolute atomic E-state index is 13.4. The monoisotopic (exact) mass is 476 g/mol. The zero-order chi connectivity index (χ0) is 25.9. The van der Waals surface area contributed by atoms with E-state index in [1.165, 1.54) is 40.5 Å². The van der Waals surface area contributed by atoms with Crippen LogP contribution in [0, 0.1) is 41.5 Å². The number of carbonyl (C=O) groups is 2. The Hall–Kier alpha value is -3.41. The number of esters is 1. The van der Waals surface area contributed by atoms with Crippen molar-refractivity contribution < 1.29 is 18.8 Å². The molecule has 1 atom stereocenters. The van der Waals surface area contributed by atoms with Gasteiger partial charge in [-0.15, -0.1) is 0 Å². The van der Waals surface area contributed by atoms with Crippen LogP contribution in [-0.4, -0.2) is 36.1 Å². The normalized spacial score (nSPS) is 11.9. The molecule has 6 heteroatoms. The van der Waals surface area contributed by atoms with Crippen LogP contribution in [-0.2, 0) is 20.9 Å². The Morgan fingerprint density at radius 3 is 2.03 bits per heavy atom. The lowest BCUT2D eigenvalue weighted by molar-refractivity contribution is -0.141. The molecule has 1 aromatic heterocycles. The van der Waals surface area contributed by atoms with Gasteiger partial charge >= 0.3 is 5.97 Å². The van der Waals surface area contributed by atoms with E-state index in [0.29, 0.717) is 18.0 Å². The highest BCUT2D eigenvalue weighted by Gasteiger charge is 2.28. The van der Waals surface area contributed by atoms with Gasteiger partial charge in [0.25, 0.3) is 0 Å². The topological polar surface area (TPSA) is 72.6 Å². The van der Waals surface area contributed by atoms with E-state index in [2.05, 4.69) is 39.8 Å². The highest BCUT2D eigenvalue weighted by molar-refractivity contribution is 5.79. The van der Waals surface area contributed by atoms with Gasteiger partial charge in [-0.3, -0.25) is 9.59 Å². The first-order chi connectivity index (χ1) is 16.6. The quantitative estimate of drug-likeness (QED) is 0.379. The van der Waals surface area contributed by atoms with Crippen molar-refractivity contribution in [2.24, 2.45) is 0 Å². The molecule has 0 saturated heterocycles. The average Bonchev–Trinajstić information content (AvgIpc) is 3.25. The van der Waals surface area contributed by atoms with E-state index >= 15 is 0 Å². The SMILES string of the molecule is COC(=O)C[C@H](CC(=O)N(C)Cc1c(C)c(C)c(C)c(C)c1C)c1noc(-c2ccccc2)c1C. The van der Waals surface area contributed by atoms with Crippen molar-refractivity contribution >= 4 is 11.9 Å². The van der Waals surface area contributed by atoms with Crippen LogP contribution in [0.15, 0.2) is 34.9 Å². The van der Waals surface area contributed by atoms with E-state index in [-0.39, 0.29) is 24.7 Å². The predicted octanol–water partition coefficient (Wildman–Crippen LogP) is 5.89. The third kappa shape index (κ3) is 5.47. The number of hydrogen-bond acceptors (Lipinski definition) is 5. The molecule has 35 heavy (non-hydrogen) atoms. The average molecular weight is 477 g/mol. The summed E-state index contributed by atoms with van der Waals surface area (Å²) in [6, 6.07) is 9.69. The second-order valence-electron chi connectivity index (χ2n) is 9.42. The smallest absolute Gasteiger partial charge is 0.306 e. The Labute approximate surface area is 208 Å². The lowest BCUT2D eigenvalue weighted by Crippen LogP contribution is -2.29. The van der Waals surface area contributed by atoms with Crippen LogP contribution in [0.2, 0.25) is 0 Å². The molecule has 1 amide bonds. The van der Waals surface area contributed by atoms with Crippen molar-refractivity contribution in [3.8, 4) is 11.3 Å². The molecule has 0 N–H and O–H groups in total. The molecular formula is C29H36N2O4. The summed E-state index contributed by atoms with van der Waals surface area (Å²) in [7, 11) is 3.16. The Bertz CT molecular complexity index is 1200. The van der Waals surface area contributed by atoms with Crippen LogP contribution in [0.1, 0.15) is 63.4 Å². The van der Waals surface area contributed by atoms with E-state index < -0.39 is 5.92 Å². The van der Waals surface area contributed by atoms with Crippen molar-refractivity contribution in [2.75, 3.05) is 14.2 Å². The largest absolute Gasteiger partial charge is 0.469 e. The van der Waals surface area contributed by atoms with Gasteiger partial charge in [0.2, 0.25) is 5.91 Å². The number of nitrogens with zero attached hydrogens (tertiary/aromatic N) is 2. The van der Waals surface area contributed by atoms with Gasteiger partial charge in [0.1, 0.15) is 0 Å². The molecule has 3 aromatic rings. The Morgan fingerprint density at radius 2 is 1.46 bits per heavy atom. The second kappa shape index (κ2) is 10.9. The predicted molar refractivity (Wildman–Crippen MR) is 137 cm³/mol. The molecule has 0 aliphatic rings. The molecule has 0 bridgehead atoms. The summed E-state index contributed by atoms with van der Waals surface area (Å²) < 4.78 is 10.6.